The molecule has 0 bridgehead atoms. The van der Waals surface area contributed by atoms with Crippen LogP contribution in [0.2, 0.25) is 0 Å². The Hall–Kier alpha value is -3.09. The molecule has 1 aromatic carbocycles. The molecule has 2 amide bonds. The minimum atomic E-state index is -3.27. The predicted molar refractivity (Wildman–Crippen MR) is 117 cm³/mol. The van der Waals surface area contributed by atoms with Crippen LogP contribution in [0.3, 0.4) is 0 Å². The monoisotopic (exact) mass is 463 g/mol. The molecule has 0 aliphatic carbocycles. The standard InChI is InChI=1S/C19H21N5O5S2/c1-3-24-19(27)14-7-5-4-6-13(14)16(23-24)18(26)22-21-17(25)15-9-8-12(30-15)10-11-20-31(2,28)29/h4-9,20H,3,10-11H2,1-2H3,(H,21,25)(H,22,26). The molecule has 0 radical (unpaired) electrons. The lowest BCUT2D eigenvalue weighted by molar-refractivity contribution is 0.0846. The summed E-state index contributed by atoms with van der Waals surface area (Å²) < 4.78 is 25.8. The normalized spacial score (nSPS) is 11.4. The number of hydrogen-bond acceptors (Lipinski definition) is 7. The Bertz CT molecular complexity index is 1300. The summed E-state index contributed by atoms with van der Waals surface area (Å²) in [6.45, 7) is 2.26. The third-order valence-electron chi connectivity index (χ3n) is 4.29. The zero-order valence-electron chi connectivity index (χ0n) is 16.8. The maximum Gasteiger partial charge on any atom is 0.290 e. The number of aromatic nitrogens is 2. The van der Waals surface area contributed by atoms with E-state index in [1.54, 1.807) is 43.3 Å². The lowest BCUT2D eigenvalue weighted by atomic mass is 10.1. The van der Waals surface area contributed by atoms with Gasteiger partial charge in [0.05, 0.1) is 16.5 Å². The molecule has 31 heavy (non-hydrogen) atoms. The van der Waals surface area contributed by atoms with E-state index >= 15 is 0 Å². The molecule has 2 heterocycles. The second kappa shape index (κ2) is 9.37. The lowest BCUT2D eigenvalue weighted by Crippen LogP contribution is -2.42. The average molecular weight is 464 g/mol. The number of hydrogen-bond donors (Lipinski definition) is 3. The van der Waals surface area contributed by atoms with Crippen molar-refractivity contribution in [3.8, 4) is 0 Å². The highest BCUT2D eigenvalue weighted by molar-refractivity contribution is 7.88. The van der Waals surface area contributed by atoms with Gasteiger partial charge in [-0.2, -0.15) is 5.10 Å². The van der Waals surface area contributed by atoms with Crippen molar-refractivity contribution in [2.24, 2.45) is 0 Å². The van der Waals surface area contributed by atoms with Crippen molar-refractivity contribution in [1.82, 2.24) is 25.4 Å². The van der Waals surface area contributed by atoms with Crippen LogP contribution in [-0.4, -0.2) is 42.8 Å². The van der Waals surface area contributed by atoms with E-state index in [-0.39, 0.29) is 17.8 Å². The van der Waals surface area contributed by atoms with Crippen LogP contribution in [-0.2, 0) is 23.0 Å². The maximum absolute atomic E-state index is 12.6. The van der Waals surface area contributed by atoms with Gasteiger partial charge in [0.1, 0.15) is 0 Å². The fourth-order valence-corrected chi connectivity index (χ4v) is 4.22. The van der Waals surface area contributed by atoms with Crippen LogP contribution in [0, 0.1) is 0 Å². The highest BCUT2D eigenvalue weighted by Crippen LogP contribution is 2.17. The third-order valence-corrected chi connectivity index (χ3v) is 6.17. The van der Waals surface area contributed by atoms with Crippen molar-refractivity contribution in [2.75, 3.05) is 12.8 Å². The van der Waals surface area contributed by atoms with E-state index in [4.69, 9.17) is 0 Å². The van der Waals surface area contributed by atoms with Crippen molar-refractivity contribution in [2.45, 2.75) is 19.9 Å². The van der Waals surface area contributed by atoms with E-state index in [0.717, 1.165) is 11.1 Å². The molecule has 2 aromatic heterocycles. The van der Waals surface area contributed by atoms with Gasteiger partial charge < -0.3 is 0 Å². The molecular weight excluding hydrogens is 442 g/mol. The molecule has 164 valence electrons. The number of nitrogens with zero attached hydrogens (tertiary/aromatic N) is 2. The number of rotatable bonds is 7. The van der Waals surface area contributed by atoms with Gasteiger partial charge in [0.25, 0.3) is 17.4 Å². The molecule has 0 aliphatic rings. The van der Waals surface area contributed by atoms with E-state index in [2.05, 4.69) is 20.7 Å². The summed E-state index contributed by atoms with van der Waals surface area (Å²) in [5, 5.41) is 4.87. The molecule has 0 spiro atoms. The zero-order valence-corrected chi connectivity index (χ0v) is 18.5. The molecule has 0 saturated heterocycles. The average Bonchev–Trinajstić information content (AvgIpc) is 3.20. The van der Waals surface area contributed by atoms with Crippen molar-refractivity contribution < 1.29 is 18.0 Å². The summed E-state index contributed by atoms with van der Waals surface area (Å²) in [6, 6.07) is 9.95. The van der Waals surface area contributed by atoms with Gasteiger partial charge in [-0.1, -0.05) is 18.2 Å². The van der Waals surface area contributed by atoms with Crippen LogP contribution >= 0.6 is 11.3 Å². The number of sulfonamides is 1. The molecule has 3 aromatic rings. The summed E-state index contributed by atoms with van der Waals surface area (Å²) in [6.07, 6.45) is 1.51. The number of nitrogens with one attached hydrogen (secondary N) is 3. The molecule has 0 unspecified atom stereocenters. The number of thiophene rings is 1. The zero-order chi connectivity index (χ0) is 22.6. The van der Waals surface area contributed by atoms with Gasteiger partial charge in [-0.05, 0) is 31.5 Å². The smallest absolute Gasteiger partial charge is 0.267 e. The summed E-state index contributed by atoms with van der Waals surface area (Å²) in [7, 11) is -3.27. The van der Waals surface area contributed by atoms with E-state index in [9.17, 15) is 22.8 Å². The van der Waals surface area contributed by atoms with Gasteiger partial charge in [-0.25, -0.2) is 17.8 Å². The summed E-state index contributed by atoms with van der Waals surface area (Å²) in [5.41, 5.74) is 4.40. The Balaban J connectivity index is 1.68. The molecule has 3 N–H and O–H groups in total. The van der Waals surface area contributed by atoms with Crippen molar-refractivity contribution in [3.05, 3.63) is 62.2 Å². The van der Waals surface area contributed by atoms with Gasteiger partial charge >= 0.3 is 0 Å². The van der Waals surface area contributed by atoms with Gasteiger partial charge in [-0.3, -0.25) is 25.2 Å². The Morgan fingerprint density at radius 2 is 1.74 bits per heavy atom. The first-order valence-electron chi connectivity index (χ1n) is 9.33. The maximum atomic E-state index is 12.6. The van der Waals surface area contributed by atoms with E-state index in [0.29, 0.717) is 28.6 Å². The lowest BCUT2D eigenvalue weighted by Gasteiger charge is -2.10. The highest BCUT2D eigenvalue weighted by atomic mass is 32.2. The third kappa shape index (κ3) is 5.54. The first-order valence-corrected chi connectivity index (χ1v) is 12.0. The van der Waals surface area contributed by atoms with Crippen LogP contribution < -0.4 is 21.1 Å². The van der Waals surface area contributed by atoms with E-state index in [1.807, 2.05) is 0 Å². The molecular formula is C19H21N5O5S2. The van der Waals surface area contributed by atoms with Gasteiger partial charge in [0.2, 0.25) is 10.0 Å². The predicted octanol–water partition coefficient (Wildman–Crippen LogP) is 0.644. The molecule has 0 aliphatic heterocycles. The summed E-state index contributed by atoms with van der Waals surface area (Å²) >= 11 is 1.19. The number of carbonyl (C=O) groups is 2. The topological polar surface area (TPSA) is 139 Å². The number of fused-ring (bicyclic) bond motifs is 1. The molecule has 12 heteroatoms. The Labute approximate surface area is 182 Å². The van der Waals surface area contributed by atoms with Gasteiger partial charge in [0, 0.05) is 23.4 Å². The van der Waals surface area contributed by atoms with E-state index < -0.39 is 21.8 Å². The SMILES string of the molecule is CCn1nc(C(=O)NNC(=O)c2ccc(CCNS(C)(=O)=O)s2)c2ccccc2c1=O. The van der Waals surface area contributed by atoms with Crippen LogP contribution in [0.5, 0.6) is 0 Å². The second-order valence-corrected chi connectivity index (χ2v) is 9.61. The number of benzene rings is 1. The van der Waals surface area contributed by atoms with Crippen LogP contribution in [0.25, 0.3) is 10.8 Å². The van der Waals surface area contributed by atoms with Crippen molar-refractivity contribution in [3.63, 3.8) is 0 Å². The highest BCUT2D eigenvalue weighted by Gasteiger charge is 2.17. The molecule has 10 nitrogen and oxygen atoms in total. The molecule has 0 saturated carbocycles. The van der Waals surface area contributed by atoms with Crippen molar-refractivity contribution >= 4 is 43.9 Å². The number of carbonyl (C=O) groups excluding carboxylic acids is 2. The number of hydrazine groups is 1. The van der Waals surface area contributed by atoms with Crippen molar-refractivity contribution in [1.29, 1.82) is 0 Å². The van der Waals surface area contributed by atoms with Gasteiger partial charge in [0.15, 0.2) is 5.69 Å². The fraction of sp³-hybridized carbons (Fsp3) is 0.263. The summed E-state index contributed by atoms with van der Waals surface area (Å²) in [4.78, 5) is 38.6. The van der Waals surface area contributed by atoms with E-state index in [1.165, 1.54) is 16.0 Å². The second-order valence-electron chi connectivity index (χ2n) is 6.61. The minimum Gasteiger partial charge on any atom is -0.267 e. The Morgan fingerprint density at radius 1 is 1.06 bits per heavy atom. The molecule has 0 fully saturated rings. The molecule has 3 rings (SSSR count). The number of amides is 2. The first kappa shape index (κ1) is 22.6. The van der Waals surface area contributed by atoms with Crippen LogP contribution in [0.1, 0.15) is 32.0 Å². The minimum absolute atomic E-state index is 0.0241. The van der Waals surface area contributed by atoms with Crippen LogP contribution in [0.4, 0.5) is 0 Å². The first-order chi connectivity index (χ1) is 14.7. The Kier molecular flexibility index (Phi) is 6.83. The van der Waals surface area contributed by atoms with Gasteiger partial charge in [-0.15, -0.1) is 11.3 Å². The number of aryl methyl sites for hydroxylation is 1. The van der Waals surface area contributed by atoms with Crippen LogP contribution in [0.15, 0.2) is 41.2 Å². The summed E-state index contributed by atoms with van der Waals surface area (Å²) in [5.74, 6) is -1.17. The Morgan fingerprint density at radius 3 is 2.42 bits per heavy atom. The largest absolute Gasteiger partial charge is 0.290 e. The quantitative estimate of drug-likeness (QED) is 0.440. The molecule has 0 atom stereocenters. The fourth-order valence-electron chi connectivity index (χ4n) is 2.85.